The fourth-order valence-electron chi connectivity index (χ4n) is 8.44. The third kappa shape index (κ3) is 6.53. The van der Waals surface area contributed by atoms with Crippen LogP contribution < -0.4 is 24.8 Å². The standard InChI is InChI=1S/2C25H18N.2ClH.Zr/c2*1-17-12-13-25(26-16-17)20-14-19-8-5-11-23(24(19)15-20)22-10-4-7-18-6-2-3-9-21(18)22;;;/h2*2-16H,1H3;2*1H;/q;;;;+2/p-2. The molecule has 0 aliphatic heterocycles. The summed E-state index contributed by atoms with van der Waals surface area (Å²) >= 11 is -1.36. The molecule has 2 unspecified atom stereocenters. The Bertz CT molecular complexity index is 2580. The van der Waals surface area contributed by atoms with E-state index in [0.717, 1.165) is 11.4 Å². The first-order valence-corrected chi connectivity index (χ1v) is 21.2. The van der Waals surface area contributed by atoms with Crippen molar-refractivity contribution >= 4 is 44.8 Å². The molecule has 0 amide bonds. The first-order chi connectivity index (χ1) is 26.1. The van der Waals surface area contributed by atoms with Crippen LogP contribution in [0.25, 0.3) is 67.1 Å². The van der Waals surface area contributed by atoms with Gasteiger partial charge in [-0.25, -0.2) is 0 Å². The van der Waals surface area contributed by atoms with Crippen LogP contribution in [0, 0.1) is 13.8 Å². The number of hydrogen-bond acceptors (Lipinski definition) is 2. The largest absolute Gasteiger partial charge is 1.00 e. The summed E-state index contributed by atoms with van der Waals surface area (Å²) in [5.74, 6) is 0. The molecule has 264 valence electrons. The van der Waals surface area contributed by atoms with Gasteiger partial charge in [0.15, 0.2) is 0 Å². The average molecular weight is 827 g/mol. The summed E-state index contributed by atoms with van der Waals surface area (Å²) in [6, 6.07) is 53.8. The van der Waals surface area contributed by atoms with E-state index < -0.39 is 23.2 Å². The maximum Gasteiger partial charge on any atom is -1.00 e. The van der Waals surface area contributed by atoms with E-state index in [1.165, 1.54) is 88.3 Å². The minimum atomic E-state index is -1.36. The van der Waals surface area contributed by atoms with Gasteiger partial charge in [-0.3, -0.25) is 0 Å². The van der Waals surface area contributed by atoms with E-state index in [-0.39, 0.29) is 24.8 Å². The van der Waals surface area contributed by atoms with Gasteiger partial charge < -0.3 is 24.8 Å². The number of halogens is 2. The topological polar surface area (TPSA) is 25.8 Å². The molecule has 55 heavy (non-hydrogen) atoms. The van der Waals surface area contributed by atoms with Crippen molar-refractivity contribution < 1.29 is 48.0 Å². The van der Waals surface area contributed by atoms with Crippen molar-refractivity contribution in [3.8, 4) is 22.3 Å². The van der Waals surface area contributed by atoms with E-state index in [9.17, 15) is 0 Å². The van der Waals surface area contributed by atoms with Crippen LogP contribution in [0.5, 0.6) is 0 Å². The second-order valence-electron chi connectivity index (χ2n) is 14.3. The van der Waals surface area contributed by atoms with E-state index in [1.54, 1.807) is 0 Å². The van der Waals surface area contributed by atoms with Crippen molar-refractivity contribution in [2.45, 2.75) is 21.1 Å². The Labute approximate surface area is 346 Å². The predicted molar refractivity (Wildman–Crippen MR) is 218 cm³/mol. The van der Waals surface area contributed by atoms with Crippen molar-refractivity contribution in [2.24, 2.45) is 0 Å². The molecule has 0 saturated carbocycles. The molecule has 0 spiro atoms. The zero-order chi connectivity index (χ0) is 35.5. The fraction of sp³-hybridized carbons (Fsp3) is 0.0800. The molecular formula is C50H36Cl2N2Zr. The Balaban J connectivity index is 0.00000214. The molecule has 2 aliphatic rings. The third-order valence-corrected chi connectivity index (χ3v) is 15.7. The third-order valence-electron chi connectivity index (χ3n) is 11.0. The number of hydrogen-bond donors (Lipinski definition) is 0. The van der Waals surface area contributed by atoms with Gasteiger partial charge in [0.2, 0.25) is 0 Å². The van der Waals surface area contributed by atoms with E-state index in [2.05, 4.69) is 172 Å². The molecule has 0 bridgehead atoms. The number of pyridine rings is 2. The molecular weight excluding hydrogens is 791 g/mol. The number of aryl methyl sites for hydroxylation is 2. The van der Waals surface area contributed by atoms with E-state index in [1.807, 2.05) is 12.4 Å². The Morgan fingerprint density at radius 2 is 0.818 bits per heavy atom. The molecule has 5 heteroatoms. The van der Waals surface area contributed by atoms with Crippen LogP contribution in [0.4, 0.5) is 0 Å². The van der Waals surface area contributed by atoms with Crippen LogP contribution in [0.1, 0.15) is 52.0 Å². The summed E-state index contributed by atoms with van der Waals surface area (Å²) in [5, 5.41) is 5.11. The average Bonchev–Trinajstić information content (AvgIpc) is 3.77. The first-order valence-electron chi connectivity index (χ1n) is 18.4. The second kappa shape index (κ2) is 15.3. The zero-order valence-electron chi connectivity index (χ0n) is 30.5. The van der Waals surface area contributed by atoms with Crippen molar-refractivity contribution in [2.75, 3.05) is 0 Å². The van der Waals surface area contributed by atoms with Crippen molar-refractivity contribution in [1.29, 1.82) is 0 Å². The Hall–Kier alpha value is -4.92. The first kappa shape index (κ1) is 37.0. The molecule has 0 fully saturated rings. The normalized spacial score (nSPS) is 15.3. The summed E-state index contributed by atoms with van der Waals surface area (Å²) in [6.07, 6.45) is 9.00. The molecule has 2 aromatic heterocycles. The SMILES string of the molecule is Cc1ccc(C2=Cc3c(-c4cccc5ccccc45)cccc3[CH]2[Zr+2][CH]2C(c3ccc(C)cn3)=Cc3c(-c4cccc5ccccc45)cccc32)nc1.[Cl-].[Cl-]. The summed E-state index contributed by atoms with van der Waals surface area (Å²) in [6.45, 7) is 4.24. The molecule has 10 rings (SSSR count). The number of fused-ring (bicyclic) bond motifs is 4. The van der Waals surface area contributed by atoms with Gasteiger partial charge in [-0.2, -0.15) is 0 Å². The molecule has 0 saturated heterocycles. The van der Waals surface area contributed by atoms with Crippen LogP contribution in [0.3, 0.4) is 0 Å². The number of nitrogens with zero attached hydrogens (tertiary/aromatic N) is 2. The minimum absolute atomic E-state index is 0. The van der Waals surface area contributed by atoms with E-state index in [0.29, 0.717) is 7.25 Å². The molecule has 2 atom stereocenters. The van der Waals surface area contributed by atoms with Crippen molar-refractivity contribution in [1.82, 2.24) is 9.97 Å². The van der Waals surface area contributed by atoms with Gasteiger partial charge in [-0.15, -0.1) is 0 Å². The summed E-state index contributed by atoms with van der Waals surface area (Å²) < 4.78 is 0.620. The number of allylic oxidation sites excluding steroid dienone is 2. The van der Waals surface area contributed by atoms with Crippen LogP contribution in [-0.4, -0.2) is 9.97 Å². The van der Waals surface area contributed by atoms with E-state index >= 15 is 0 Å². The Morgan fingerprint density at radius 1 is 0.418 bits per heavy atom. The number of aromatic nitrogens is 2. The maximum atomic E-state index is 5.07. The zero-order valence-corrected chi connectivity index (χ0v) is 34.4. The second-order valence-corrected chi connectivity index (χ2v) is 18.0. The Kier molecular flexibility index (Phi) is 10.3. The van der Waals surface area contributed by atoms with Gasteiger partial charge in [0.1, 0.15) is 0 Å². The molecule has 2 nitrogen and oxygen atoms in total. The number of benzene rings is 6. The molecule has 0 N–H and O–H groups in total. The summed E-state index contributed by atoms with van der Waals surface area (Å²) in [7, 11) is 0. The maximum absolute atomic E-state index is 5.07. The Morgan fingerprint density at radius 3 is 1.25 bits per heavy atom. The fourth-order valence-corrected chi connectivity index (χ4v) is 13.4. The monoisotopic (exact) mass is 824 g/mol. The molecule has 0 radical (unpaired) electrons. The quantitative estimate of drug-likeness (QED) is 0.186. The molecule has 2 aliphatic carbocycles. The van der Waals surface area contributed by atoms with Crippen LogP contribution in [0.2, 0.25) is 0 Å². The van der Waals surface area contributed by atoms with Gasteiger partial charge in [0.25, 0.3) is 0 Å². The smallest absolute Gasteiger partial charge is 1.00 e. The van der Waals surface area contributed by atoms with Crippen molar-refractivity contribution in [3.63, 3.8) is 0 Å². The van der Waals surface area contributed by atoms with Gasteiger partial charge >= 0.3 is 324 Å². The molecule has 2 heterocycles. The molecule has 8 aromatic rings. The van der Waals surface area contributed by atoms with Gasteiger partial charge in [0.05, 0.1) is 0 Å². The predicted octanol–water partition coefficient (Wildman–Crippen LogP) is 6.72. The number of rotatable bonds is 6. The van der Waals surface area contributed by atoms with E-state index in [4.69, 9.17) is 9.97 Å². The van der Waals surface area contributed by atoms with Crippen LogP contribution in [-0.2, 0) is 23.2 Å². The van der Waals surface area contributed by atoms with Crippen LogP contribution >= 0.6 is 0 Å². The van der Waals surface area contributed by atoms with Crippen LogP contribution in [0.15, 0.2) is 158 Å². The van der Waals surface area contributed by atoms with Crippen molar-refractivity contribution in [3.05, 3.63) is 203 Å². The summed E-state index contributed by atoms with van der Waals surface area (Å²) in [4.78, 5) is 10.1. The van der Waals surface area contributed by atoms with Gasteiger partial charge in [-0.1, -0.05) is 0 Å². The molecule has 6 aromatic carbocycles. The van der Waals surface area contributed by atoms with Gasteiger partial charge in [-0.05, 0) is 0 Å². The minimum Gasteiger partial charge on any atom is -1.00 e. The van der Waals surface area contributed by atoms with Gasteiger partial charge in [0, 0.05) is 0 Å². The summed E-state index contributed by atoms with van der Waals surface area (Å²) in [5.41, 5.74) is 18.0.